The summed E-state index contributed by atoms with van der Waals surface area (Å²) in [4.78, 5) is 12.7. The van der Waals surface area contributed by atoms with Crippen molar-refractivity contribution in [2.75, 3.05) is 13.1 Å². The predicted molar refractivity (Wildman–Crippen MR) is 94.6 cm³/mol. The van der Waals surface area contributed by atoms with Gasteiger partial charge in [0, 0.05) is 6.42 Å². The van der Waals surface area contributed by atoms with Crippen LogP contribution in [0.4, 0.5) is 5.69 Å². The van der Waals surface area contributed by atoms with Gasteiger partial charge in [0.15, 0.2) is 11.8 Å². The second kappa shape index (κ2) is 8.09. The maximum atomic E-state index is 11.9. The molecule has 0 unspecified atom stereocenters. The lowest BCUT2D eigenvalue weighted by atomic mass is 10.1. The Labute approximate surface area is 154 Å². The summed E-state index contributed by atoms with van der Waals surface area (Å²) in [7, 11) is 0. The van der Waals surface area contributed by atoms with Crippen LogP contribution in [0.2, 0.25) is 10.0 Å². The molecule has 0 bridgehead atoms. The van der Waals surface area contributed by atoms with Crippen molar-refractivity contribution in [2.24, 2.45) is 15.3 Å². The highest BCUT2D eigenvalue weighted by molar-refractivity contribution is 6.42. The fourth-order valence-electron chi connectivity index (χ4n) is 2.19. The predicted octanol–water partition coefficient (Wildman–Crippen LogP) is 3.39. The molecule has 0 aliphatic carbocycles. The Morgan fingerprint density at radius 1 is 1.16 bits per heavy atom. The van der Waals surface area contributed by atoms with Crippen LogP contribution in [0.1, 0.15) is 5.56 Å². The molecule has 1 heterocycles. The summed E-state index contributed by atoms with van der Waals surface area (Å²) in [5.74, 6) is 0.210. The molecule has 0 aromatic heterocycles. The maximum absolute atomic E-state index is 11.9. The zero-order valence-electron chi connectivity index (χ0n) is 13.1. The van der Waals surface area contributed by atoms with Gasteiger partial charge in [-0.1, -0.05) is 58.2 Å². The molecule has 1 aliphatic rings. The lowest BCUT2D eigenvalue weighted by molar-refractivity contribution is -0.585. The number of amidine groups is 1. The average Bonchev–Trinajstić information content (AvgIpc) is 3.04. The van der Waals surface area contributed by atoms with Gasteiger partial charge in [-0.15, -0.1) is 0 Å². The quantitative estimate of drug-likeness (QED) is 0.466. The first-order valence-electron chi connectivity index (χ1n) is 7.55. The van der Waals surface area contributed by atoms with Crippen molar-refractivity contribution in [3.8, 4) is 0 Å². The Kier molecular flexibility index (Phi) is 5.63. The van der Waals surface area contributed by atoms with E-state index in [4.69, 9.17) is 28.0 Å². The number of rotatable bonds is 4. The lowest BCUT2D eigenvalue weighted by Crippen LogP contribution is -2.20. The van der Waals surface area contributed by atoms with Crippen molar-refractivity contribution in [3.63, 3.8) is 0 Å². The number of hydrogen-bond acceptors (Lipinski definition) is 4. The van der Waals surface area contributed by atoms with Crippen LogP contribution in [0, 0.1) is 0 Å². The minimum Gasteiger partial charge on any atom is -0.844 e. The molecule has 0 saturated carbocycles. The molecule has 0 amide bonds. The number of benzene rings is 2. The lowest BCUT2D eigenvalue weighted by Gasteiger charge is -2.04. The van der Waals surface area contributed by atoms with Crippen molar-refractivity contribution >= 4 is 40.8 Å². The molecule has 0 atom stereocenters. The molecule has 0 fully saturated rings. The number of hydrogen-bond donors (Lipinski definition) is 0. The van der Waals surface area contributed by atoms with Gasteiger partial charge < -0.3 is 5.11 Å². The normalized spacial score (nSPS) is 16.0. The molecule has 8 heteroatoms. The first-order valence-corrected chi connectivity index (χ1v) is 8.31. The molecule has 2 aromatic rings. The van der Waals surface area contributed by atoms with Crippen molar-refractivity contribution in [1.29, 1.82) is 0 Å². The first kappa shape index (κ1) is 17.4. The number of halogens is 2. The van der Waals surface area contributed by atoms with Crippen LogP contribution < -0.4 is 5.11 Å². The summed E-state index contributed by atoms with van der Waals surface area (Å²) in [5, 5.41) is 16.5. The van der Waals surface area contributed by atoms with E-state index in [1.54, 1.807) is 16.8 Å². The highest BCUT2D eigenvalue weighted by atomic mass is 35.5. The molecule has 0 radical (unpaired) electrons. The second-order valence-corrected chi connectivity index (χ2v) is 6.11. The molecule has 0 saturated heterocycles. The highest BCUT2D eigenvalue weighted by Crippen LogP contribution is 2.26. The summed E-state index contributed by atoms with van der Waals surface area (Å²) < 4.78 is 1.71. The van der Waals surface area contributed by atoms with E-state index in [-0.39, 0.29) is 5.90 Å². The molecule has 128 valence electrons. The van der Waals surface area contributed by atoms with E-state index in [9.17, 15) is 5.11 Å². The minimum atomic E-state index is -0.687. The van der Waals surface area contributed by atoms with Gasteiger partial charge >= 0.3 is 0 Å². The zero-order chi connectivity index (χ0) is 17.6. The van der Waals surface area contributed by atoms with E-state index < -0.39 is 6.02 Å². The Morgan fingerprint density at radius 3 is 2.72 bits per heavy atom. The van der Waals surface area contributed by atoms with Gasteiger partial charge in [-0.25, -0.2) is 9.98 Å². The Morgan fingerprint density at radius 2 is 1.96 bits per heavy atom. The number of nitrogens with zero attached hydrogens (tertiary/aromatic N) is 4. The summed E-state index contributed by atoms with van der Waals surface area (Å²) in [6.07, 6.45) is 0.822. The van der Waals surface area contributed by atoms with Gasteiger partial charge in [0.25, 0.3) is 5.90 Å². The van der Waals surface area contributed by atoms with Gasteiger partial charge in [-0.3, -0.25) is 4.84 Å². The molecule has 2 aromatic carbocycles. The third kappa shape index (κ3) is 5.01. The SMILES string of the molecule is [O-]C(=Nc1ccc(Cl)c(Cl)c1)/N=C1\C[N+](CCc2ccccc2)=NO1. The standard InChI is InChI=1S/C17H14Cl2N4O2/c18-14-7-6-13(10-15(14)19)20-17(24)21-16-11-23(22-25-16)9-8-12-4-2-1-3-5-12/h1-7,10H,8-9,11H2/b21-16+. The van der Waals surface area contributed by atoms with Gasteiger partial charge in [0.1, 0.15) is 0 Å². The van der Waals surface area contributed by atoms with Crippen LogP contribution >= 0.6 is 23.2 Å². The van der Waals surface area contributed by atoms with E-state index in [0.717, 1.165) is 6.42 Å². The van der Waals surface area contributed by atoms with Gasteiger partial charge in [-0.05, 0) is 23.8 Å². The summed E-state index contributed by atoms with van der Waals surface area (Å²) in [5.41, 5.74) is 1.58. The highest BCUT2D eigenvalue weighted by Gasteiger charge is 2.22. The third-order valence-electron chi connectivity index (χ3n) is 3.43. The van der Waals surface area contributed by atoms with E-state index in [0.29, 0.717) is 28.8 Å². The average molecular weight is 377 g/mol. The van der Waals surface area contributed by atoms with E-state index in [1.807, 2.05) is 30.3 Å². The van der Waals surface area contributed by atoms with Crippen LogP contribution in [-0.4, -0.2) is 29.7 Å². The summed E-state index contributed by atoms with van der Waals surface area (Å²) in [6.45, 7) is 0.997. The van der Waals surface area contributed by atoms with E-state index >= 15 is 0 Å². The Balaban J connectivity index is 1.58. The Bertz CT molecular complexity index is 851. The largest absolute Gasteiger partial charge is 0.844 e. The van der Waals surface area contributed by atoms with Gasteiger partial charge in [0.05, 0.1) is 21.8 Å². The van der Waals surface area contributed by atoms with Crippen LogP contribution in [0.3, 0.4) is 0 Å². The fourth-order valence-corrected chi connectivity index (χ4v) is 2.49. The molecule has 25 heavy (non-hydrogen) atoms. The first-order chi connectivity index (χ1) is 12.1. The number of aliphatic imine (C=N–C) groups is 2. The molecule has 3 rings (SSSR count). The molecule has 0 spiro atoms. The third-order valence-corrected chi connectivity index (χ3v) is 4.17. The van der Waals surface area contributed by atoms with Gasteiger partial charge in [0.2, 0.25) is 6.54 Å². The zero-order valence-corrected chi connectivity index (χ0v) is 14.6. The van der Waals surface area contributed by atoms with Gasteiger partial charge in [-0.2, -0.15) is 0 Å². The molecule has 0 N–H and O–H groups in total. The van der Waals surface area contributed by atoms with Crippen LogP contribution in [-0.2, 0) is 11.3 Å². The van der Waals surface area contributed by atoms with Crippen LogP contribution in [0.15, 0.2) is 63.8 Å². The molecule has 6 nitrogen and oxygen atoms in total. The van der Waals surface area contributed by atoms with E-state index in [2.05, 4.69) is 15.3 Å². The maximum Gasteiger partial charge on any atom is 0.299 e. The van der Waals surface area contributed by atoms with Crippen molar-refractivity contribution < 1.29 is 14.6 Å². The molecular weight excluding hydrogens is 363 g/mol. The topological polar surface area (TPSA) is 72.4 Å². The van der Waals surface area contributed by atoms with Crippen LogP contribution in [0.5, 0.6) is 0 Å². The van der Waals surface area contributed by atoms with Crippen LogP contribution in [0.25, 0.3) is 0 Å². The minimum absolute atomic E-state index is 0.210. The summed E-state index contributed by atoms with van der Waals surface area (Å²) >= 11 is 11.7. The van der Waals surface area contributed by atoms with Crippen molar-refractivity contribution in [3.05, 3.63) is 64.1 Å². The summed E-state index contributed by atoms with van der Waals surface area (Å²) in [6, 6.07) is 14.0. The van der Waals surface area contributed by atoms with Crippen molar-refractivity contribution in [2.45, 2.75) is 6.42 Å². The second-order valence-electron chi connectivity index (χ2n) is 5.30. The molecule has 1 aliphatic heterocycles. The van der Waals surface area contributed by atoms with E-state index in [1.165, 1.54) is 11.6 Å². The van der Waals surface area contributed by atoms with Crippen molar-refractivity contribution in [1.82, 2.24) is 0 Å². The smallest absolute Gasteiger partial charge is 0.299 e. The molecular formula is C17H14Cl2N4O2. The monoisotopic (exact) mass is 376 g/mol. The Hall–Kier alpha value is -2.44. The fraction of sp³-hybridized carbons (Fsp3) is 0.176.